The van der Waals surface area contributed by atoms with E-state index in [4.69, 9.17) is 23.2 Å². The standard InChI is InChI=1S/C32H30BrCl2N3O4S/c1-22-11-17-26(18-12-22)43(41,42)38(25-15-13-24(33)14-16-25)21-31(39)37(20-27-28(34)9-6-10-29(27)35)30(32(40)36-2)19-23-7-4-3-5-8-23/h3-18,30H,19-21H2,1-2H3,(H,36,40). The van der Waals surface area contributed by atoms with Crippen molar-refractivity contribution in [2.24, 2.45) is 0 Å². The van der Waals surface area contributed by atoms with Crippen molar-refractivity contribution in [3.63, 3.8) is 0 Å². The summed E-state index contributed by atoms with van der Waals surface area (Å²) in [5.74, 6) is -1.03. The molecule has 43 heavy (non-hydrogen) atoms. The van der Waals surface area contributed by atoms with Crippen LogP contribution in [-0.2, 0) is 32.6 Å². The van der Waals surface area contributed by atoms with Gasteiger partial charge < -0.3 is 10.2 Å². The van der Waals surface area contributed by atoms with E-state index in [-0.39, 0.29) is 23.5 Å². The van der Waals surface area contributed by atoms with Crippen LogP contribution in [0.25, 0.3) is 0 Å². The Labute approximate surface area is 270 Å². The van der Waals surface area contributed by atoms with E-state index in [1.165, 1.54) is 24.1 Å². The summed E-state index contributed by atoms with van der Waals surface area (Å²) in [5.41, 5.74) is 2.43. The van der Waals surface area contributed by atoms with Gasteiger partial charge >= 0.3 is 0 Å². The second kappa shape index (κ2) is 14.4. The molecule has 1 unspecified atom stereocenters. The Morgan fingerprint density at radius 3 is 2.05 bits per heavy atom. The van der Waals surface area contributed by atoms with Crippen molar-refractivity contribution < 1.29 is 18.0 Å². The average molecular weight is 703 g/mol. The third-order valence-electron chi connectivity index (χ3n) is 6.91. The predicted octanol–water partition coefficient (Wildman–Crippen LogP) is 6.65. The maximum atomic E-state index is 14.3. The van der Waals surface area contributed by atoms with Crippen LogP contribution in [0.3, 0.4) is 0 Å². The molecule has 0 aliphatic carbocycles. The zero-order valence-electron chi connectivity index (χ0n) is 23.5. The van der Waals surface area contributed by atoms with Gasteiger partial charge in [0.25, 0.3) is 10.0 Å². The van der Waals surface area contributed by atoms with Crippen molar-refractivity contribution in [2.75, 3.05) is 17.9 Å². The molecular formula is C32H30BrCl2N3O4S. The zero-order chi connectivity index (χ0) is 31.1. The Kier molecular flexibility index (Phi) is 10.9. The largest absolute Gasteiger partial charge is 0.357 e. The minimum absolute atomic E-state index is 0.0293. The first-order valence-corrected chi connectivity index (χ1v) is 16.3. The molecule has 1 N–H and O–H groups in total. The van der Waals surface area contributed by atoms with Crippen LogP contribution in [-0.4, -0.2) is 44.8 Å². The molecule has 1 atom stereocenters. The van der Waals surface area contributed by atoms with Gasteiger partial charge in [-0.2, -0.15) is 0 Å². The molecule has 0 radical (unpaired) electrons. The lowest BCUT2D eigenvalue weighted by atomic mass is 10.0. The van der Waals surface area contributed by atoms with Gasteiger partial charge in [-0.05, 0) is 61.0 Å². The predicted molar refractivity (Wildman–Crippen MR) is 175 cm³/mol. The SMILES string of the molecule is CNC(=O)C(Cc1ccccc1)N(Cc1c(Cl)cccc1Cl)C(=O)CN(c1ccc(Br)cc1)S(=O)(=O)c1ccc(C)cc1. The van der Waals surface area contributed by atoms with Crippen LogP contribution >= 0.6 is 39.1 Å². The minimum Gasteiger partial charge on any atom is -0.357 e. The first-order chi connectivity index (χ1) is 20.5. The summed E-state index contributed by atoms with van der Waals surface area (Å²) >= 11 is 16.4. The number of carbonyl (C=O) groups is 2. The molecule has 4 rings (SSSR count). The van der Waals surface area contributed by atoms with Crippen LogP contribution in [0.5, 0.6) is 0 Å². The maximum Gasteiger partial charge on any atom is 0.264 e. The number of sulfonamides is 1. The second-order valence-corrected chi connectivity index (χ2v) is 13.4. The minimum atomic E-state index is -4.19. The van der Waals surface area contributed by atoms with E-state index in [0.29, 0.717) is 15.6 Å². The van der Waals surface area contributed by atoms with E-state index in [1.54, 1.807) is 54.6 Å². The van der Waals surface area contributed by atoms with Gasteiger partial charge in [0.15, 0.2) is 0 Å². The molecule has 4 aromatic rings. The topological polar surface area (TPSA) is 86.8 Å². The molecule has 2 amide bonds. The highest BCUT2D eigenvalue weighted by Crippen LogP contribution is 2.29. The lowest BCUT2D eigenvalue weighted by Gasteiger charge is -2.34. The van der Waals surface area contributed by atoms with Gasteiger partial charge in [-0.3, -0.25) is 13.9 Å². The summed E-state index contributed by atoms with van der Waals surface area (Å²) < 4.78 is 29.8. The molecule has 7 nitrogen and oxygen atoms in total. The van der Waals surface area contributed by atoms with Crippen LogP contribution in [0.2, 0.25) is 10.0 Å². The summed E-state index contributed by atoms with van der Waals surface area (Å²) in [5, 5.41) is 3.29. The number of hydrogen-bond acceptors (Lipinski definition) is 4. The molecule has 0 fully saturated rings. The van der Waals surface area contributed by atoms with E-state index in [9.17, 15) is 18.0 Å². The van der Waals surface area contributed by atoms with E-state index in [1.807, 2.05) is 37.3 Å². The molecule has 4 aromatic carbocycles. The van der Waals surface area contributed by atoms with E-state index in [2.05, 4.69) is 21.2 Å². The Morgan fingerprint density at radius 2 is 1.47 bits per heavy atom. The van der Waals surface area contributed by atoms with Gasteiger partial charge in [0, 0.05) is 40.1 Å². The molecule has 0 aliphatic rings. The quantitative estimate of drug-likeness (QED) is 0.190. The molecule has 224 valence electrons. The van der Waals surface area contributed by atoms with Crippen LogP contribution in [0.4, 0.5) is 5.69 Å². The lowest BCUT2D eigenvalue weighted by Crippen LogP contribution is -2.53. The van der Waals surface area contributed by atoms with E-state index < -0.39 is 34.4 Å². The third kappa shape index (κ3) is 7.97. The Balaban J connectivity index is 1.81. The van der Waals surface area contributed by atoms with Crippen molar-refractivity contribution in [3.05, 3.63) is 128 Å². The summed E-state index contributed by atoms with van der Waals surface area (Å²) in [4.78, 5) is 29.1. The number of rotatable bonds is 11. The molecule has 0 saturated carbocycles. The zero-order valence-corrected chi connectivity index (χ0v) is 27.4. The summed E-state index contributed by atoms with van der Waals surface area (Å²) in [6.07, 6.45) is 0.178. The number of nitrogens with one attached hydrogen (secondary N) is 1. The number of aryl methyl sites for hydroxylation is 1. The van der Waals surface area contributed by atoms with Crippen molar-refractivity contribution >= 4 is 66.7 Å². The number of likely N-dealkylation sites (N-methyl/N-ethyl adjacent to an activating group) is 1. The first-order valence-electron chi connectivity index (χ1n) is 13.3. The molecule has 0 aliphatic heterocycles. The maximum absolute atomic E-state index is 14.3. The highest BCUT2D eigenvalue weighted by atomic mass is 79.9. The third-order valence-corrected chi connectivity index (χ3v) is 9.94. The molecule has 0 bridgehead atoms. The van der Waals surface area contributed by atoms with Crippen molar-refractivity contribution in [2.45, 2.75) is 30.8 Å². The van der Waals surface area contributed by atoms with Crippen molar-refractivity contribution in [1.82, 2.24) is 10.2 Å². The van der Waals surface area contributed by atoms with Gasteiger partial charge in [0.2, 0.25) is 11.8 Å². The second-order valence-electron chi connectivity index (χ2n) is 9.84. The number of halogens is 3. The van der Waals surface area contributed by atoms with Gasteiger partial charge in [0.05, 0.1) is 10.6 Å². The van der Waals surface area contributed by atoms with Crippen LogP contribution in [0, 0.1) is 6.92 Å². The number of hydrogen-bond donors (Lipinski definition) is 1. The van der Waals surface area contributed by atoms with Gasteiger partial charge in [-0.15, -0.1) is 0 Å². The van der Waals surface area contributed by atoms with E-state index >= 15 is 0 Å². The van der Waals surface area contributed by atoms with Crippen LogP contribution in [0.15, 0.2) is 106 Å². The molecule has 11 heteroatoms. The monoisotopic (exact) mass is 701 g/mol. The van der Waals surface area contributed by atoms with Crippen LogP contribution in [0.1, 0.15) is 16.7 Å². The Bertz CT molecular complexity index is 1670. The first kappa shape index (κ1) is 32.5. The summed E-state index contributed by atoms with van der Waals surface area (Å²) in [6.45, 7) is 1.15. The smallest absolute Gasteiger partial charge is 0.264 e. The molecular weight excluding hydrogens is 673 g/mol. The fraction of sp³-hybridized carbons (Fsp3) is 0.188. The fourth-order valence-electron chi connectivity index (χ4n) is 4.55. The summed E-state index contributed by atoms with van der Waals surface area (Å²) in [6, 6.07) is 26.3. The van der Waals surface area contributed by atoms with E-state index in [0.717, 1.165) is 19.9 Å². The van der Waals surface area contributed by atoms with Crippen molar-refractivity contribution in [1.29, 1.82) is 0 Å². The average Bonchev–Trinajstić information content (AvgIpc) is 2.99. The lowest BCUT2D eigenvalue weighted by molar-refractivity contribution is -0.139. The number of amides is 2. The highest BCUT2D eigenvalue weighted by Gasteiger charge is 2.35. The fourth-order valence-corrected chi connectivity index (χ4v) is 6.74. The number of anilines is 1. The normalized spacial score (nSPS) is 11.9. The Hall–Kier alpha value is -3.37. The van der Waals surface area contributed by atoms with Gasteiger partial charge in [-0.25, -0.2) is 8.42 Å². The number of nitrogens with zero attached hydrogens (tertiary/aromatic N) is 2. The molecule has 0 aromatic heterocycles. The molecule has 0 saturated heterocycles. The highest BCUT2D eigenvalue weighted by molar-refractivity contribution is 9.10. The number of carbonyl (C=O) groups excluding carboxylic acids is 2. The van der Waals surface area contributed by atoms with Gasteiger partial charge in [0.1, 0.15) is 12.6 Å². The number of benzene rings is 4. The molecule has 0 heterocycles. The van der Waals surface area contributed by atoms with Gasteiger partial charge in [-0.1, -0.05) is 93.2 Å². The summed E-state index contributed by atoms with van der Waals surface area (Å²) in [7, 11) is -2.71. The van der Waals surface area contributed by atoms with Crippen molar-refractivity contribution in [3.8, 4) is 0 Å². The Morgan fingerprint density at radius 1 is 0.860 bits per heavy atom. The van der Waals surface area contributed by atoms with Crippen LogP contribution < -0.4 is 9.62 Å². The molecule has 0 spiro atoms.